The maximum absolute atomic E-state index is 4.74. The molecule has 0 radical (unpaired) electrons. The highest BCUT2D eigenvalue weighted by Gasteiger charge is 1.77. The second kappa shape index (κ2) is 4.64. The molecule has 0 aromatic carbocycles. The normalized spacial score (nSPS) is 10.0. The Balaban J connectivity index is 3.14. The Morgan fingerprint density at radius 1 is 2.00 bits per heavy atom. The summed E-state index contributed by atoms with van der Waals surface area (Å²) in [6.45, 7) is 2.58. The molecule has 0 atom stereocenters. The molecule has 0 aliphatic rings. The molecule has 0 heterocycles. The quantitative estimate of drug-likeness (QED) is 0.398. The molecule has 0 bridgehead atoms. The fourth-order valence-electron chi connectivity index (χ4n) is 0.163. The van der Waals surface area contributed by atoms with Crippen LogP contribution in [0.25, 0.3) is 0 Å². The molecule has 0 rings (SSSR count). The highest BCUT2D eigenvalue weighted by Crippen LogP contribution is 1.77. The van der Waals surface area contributed by atoms with Gasteiger partial charge in [0.05, 0.1) is 10.8 Å². The van der Waals surface area contributed by atoms with Crippen LogP contribution in [0.2, 0.25) is 0 Å². The van der Waals surface area contributed by atoms with Crippen molar-refractivity contribution in [3.05, 3.63) is 0 Å². The van der Waals surface area contributed by atoms with E-state index in [2.05, 4.69) is 27.6 Å². The molecule has 0 aliphatic heterocycles. The lowest BCUT2D eigenvalue weighted by atomic mass is 10.5. The highest BCUT2D eigenvalue weighted by molar-refractivity contribution is 14.1. The molecule has 3 heteroatoms. The number of nitrogens with zero attached hydrogens (tertiary/aromatic N) is 1. The third-order valence-electron chi connectivity index (χ3n) is 0.383. The summed E-state index contributed by atoms with van der Waals surface area (Å²) < 4.78 is 1.73. The average molecular weight is 227 g/mol. The third kappa shape index (κ3) is 6.49. The van der Waals surface area contributed by atoms with E-state index in [4.69, 9.17) is 12.2 Å². The summed E-state index contributed by atoms with van der Waals surface area (Å²) in [4.78, 5) is 4.83. The van der Waals surface area contributed by atoms with Crippen LogP contribution in [0.4, 0.5) is 0 Å². The van der Waals surface area contributed by atoms with Crippen LogP contribution in [0.1, 0.15) is 6.92 Å². The molecular weight excluding hydrogens is 221 g/mol. The molecule has 0 aromatic rings. The van der Waals surface area contributed by atoms with Crippen LogP contribution >= 0.6 is 34.8 Å². The molecule has 1 nitrogen and oxygen atoms in total. The van der Waals surface area contributed by atoms with Gasteiger partial charge < -0.3 is 0 Å². The zero-order chi connectivity index (χ0) is 5.70. The third-order valence-corrected chi connectivity index (χ3v) is 0.906. The predicted molar refractivity (Wildman–Crippen MR) is 45.7 cm³/mol. The second-order valence-electron chi connectivity index (χ2n) is 1.14. The van der Waals surface area contributed by atoms with Crippen molar-refractivity contribution in [2.75, 3.05) is 6.54 Å². The second-order valence-corrected chi connectivity index (χ2v) is 2.39. The van der Waals surface area contributed by atoms with Crippen LogP contribution in [0.15, 0.2) is 4.99 Å². The van der Waals surface area contributed by atoms with E-state index in [9.17, 15) is 0 Å². The predicted octanol–water partition coefficient (Wildman–Crippen LogP) is 1.84. The van der Waals surface area contributed by atoms with Gasteiger partial charge in [0.2, 0.25) is 0 Å². The first-order valence-corrected chi connectivity index (χ1v) is 3.50. The number of halogens is 1. The van der Waals surface area contributed by atoms with Crippen molar-refractivity contribution in [1.29, 1.82) is 0 Å². The number of aliphatic imine (C=N–C) groups is 1. The van der Waals surface area contributed by atoms with Crippen molar-refractivity contribution in [3.8, 4) is 0 Å². The summed E-state index contributed by atoms with van der Waals surface area (Å²) in [6.07, 6.45) is 0. The van der Waals surface area contributed by atoms with Crippen molar-refractivity contribution in [2.24, 2.45) is 4.99 Å². The fourth-order valence-corrected chi connectivity index (χ4v) is 0.435. The highest BCUT2D eigenvalue weighted by atomic mass is 127. The first kappa shape index (κ1) is 7.49. The molecule has 0 aromatic heterocycles. The molecule has 0 aliphatic carbocycles. The van der Waals surface area contributed by atoms with Gasteiger partial charge in [-0.25, -0.2) is 0 Å². The first-order valence-electron chi connectivity index (χ1n) is 1.85. The van der Waals surface area contributed by atoms with Crippen molar-refractivity contribution in [3.63, 3.8) is 0 Å². The van der Waals surface area contributed by atoms with Crippen molar-refractivity contribution in [1.82, 2.24) is 0 Å². The van der Waals surface area contributed by atoms with E-state index < -0.39 is 0 Å². The zero-order valence-electron chi connectivity index (χ0n) is 4.02. The maximum Gasteiger partial charge on any atom is 0.0705 e. The van der Waals surface area contributed by atoms with Gasteiger partial charge >= 0.3 is 0 Å². The minimum atomic E-state index is 0.693. The Morgan fingerprint density at radius 3 is 2.71 bits per heavy atom. The van der Waals surface area contributed by atoms with Crippen molar-refractivity contribution < 1.29 is 0 Å². The van der Waals surface area contributed by atoms with Gasteiger partial charge in [0, 0.05) is 4.86 Å². The number of hydrogen-bond donors (Lipinski definition) is 0. The topological polar surface area (TPSA) is 12.4 Å². The Hall–Kier alpha value is 0.490. The summed E-state index contributed by atoms with van der Waals surface area (Å²) in [5.41, 5.74) is 0. The van der Waals surface area contributed by atoms with Gasteiger partial charge in [-0.3, -0.25) is 4.99 Å². The molecule has 0 fully saturated rings. The molecule has 40 valence electrons. The minimum Gasteiger partial charge on any atom is -0.281 e. The summed E-state index contributed by atoms with van der Waals surface area (Å²) in [5, 5.41) is 0. The maximum atomic E-state index is 4.74. The van der Waals surface area contributed by atoms with E-state index in [1.165, 1.54) is 0 Å². The number of thiocarbonyl (C=S) groups is 1. The summed E-state index contributed by atoms with van der Waals surface area (Å²) in [6, 6.07) is 0. The Bertz CT molecular complexity index is 89.7. The van der Waals surface area contributed by atoms with Crippen molar-refractivity contribution in [2.45, 2.75) is 6.92 Å². The van der Waals surface area contributed by atoms with Crippen molar-refractivity contribution >= 4 is 43.9 Å². The van der Waals surface area contributed by atoms with Crippen LogP contribution < -0.4 is 0 Å². The Morgan fingerprint density at radius 2 is 2.57 bits per heavy atom. The largest absolute Gasteiger partial charge is 0.281 e. The van der Waals surface area contributed by atoms with E-state index >= 15 is 0 Å². The zero-order valence-corrected chi connectivity index (χ0v) is 6.99. The van der Waals surface area contributed by atoms with E-state index in [-0.39, 0.29) is 0 Å². The number of rotatable bonds is 2. The van der Waals surface area contributed by atoms with Crippen LogP contribution in [0.5, 0.6) is 0 Å². The van der Waals surface area contributed by atoms with E-state index in [0.717, 1.165) is 4.86 Å². The molecule has 0 saturated carbocycles. The van der Waals surface area contributed by atoms with Gasteiger partial charge in [-0.1, -0.05) is 12.2 Å². The summed E-state index contributed by atoms with van der Waals surface area (Å²) in [7, 11) is 0. The monoisotopic (exact) mass is 227 g/mol. The summed E-state index contributed by atoms with van der Waals surface area (Å²) in [5.74, 6) is 0. The van der Waals surface area contributed by atoms with Crippen LogP contribution in [-0.2, 0) is 0 Å². The van der Waals surface area contributed by atoms with Crippen LogP contribution in [0, 0.1) is 0 Å². The first-order chi connectivity index (χ1) is 3.27. The lowest BCUT2D eigenvalue weighted by Gasteiger charge is -1.82. The number of hydrogen-bond acceptors (Lipinski definition) is 2. The van der Waals surface area contributed by atoms with Gasteiger partial charge in [0.25, 0.3) is 0 Å². The SMILES string of the molecule is CC(=S)C/N=C\I. The molecule has 7 heavy (non-hydrogen) atoms. The molecule has 0 unspecified atom stereocenters. The van der Waals surface area contributed by atoms with Gasteiger partial charge in [-0.2, -0.15) is 0 Å². The van der Waals surface area contributed by atoms with Crippen LogP contribution in [-0.4, -0.2) is 15.6 Å². The minimum absolute atomic E-state index is 0.693. The fraction of sp³-hybridized carbons (Fsp3) is 0.500. The molecule has 0 saturated heterocycles. The lowest BCUT2D eigenvalue weighted by molar-refractivity contribution is 1.34. The van der Waals surface area contributed by atoms with E-state index in [0.29, 0.717) is 6.54 Å². The standard InChI is InChI=1S/C4H6INS/c1-4(7)2-6-3-5/h3H,2H2,1H3/b6-3-. The van der Waals surface area contributed by atoms with Gasteiger partial charge in [0.1, 0.15) is 0 Å². The van der Waals surface area contributed by atoms with E-state index in [1.807, 2.05) is 6.92 Å². The molecular formula is C4H6INS. The smallest absolute Gasteiger partial charge is 0.0705 e. The van der Waals surface area contributed by atoms with Gasteiger partial charge in [0.15, 0.2) is 0 Å². The Labute approximate surface area is 62.4 Å². The molecule has 0 spiro atoms. The molecule has 0 amide bonds. The van der Waals surface area contributed by atoms with Gasteiger partial charge in [-0.05, 0) is 29.5 Å². The summed E-state index contributed by atoms with van der Waals surface area (Å²) >= 11 is 6.81. The molecule has 0 N–H and O–H groups in total. The van der Waals surface area contributed by atoms with E-state index in [1.54, 1.807) is 4.22 Å². The Kier molecular flexibility index (Phi) is 4.97. The van der Waals surface area contributed by atoms with Crippen LogP contribution in [0.3, 0.4) is 0 Å². The average Bonchev–Trinajstić information content (AvgIpc) is 1.61. The lowest BCUT2D eigenvalue weighted by Crippen LogP contribution is -1.89. The van der Waals surface area contributed by atoms with Gasteiger partial charge in [-0.15, -0.1) is 0 Å².